The van der Waals surface area contributed by atoms with Crippen molar-refractivity contribution in [1.82, 2.24) is 10.9 Å². The number of para-hydroxylation sites is 1. The summed E-state index contributed by atoms with van der Waals surface area (Å²) in [4.78, 5) is 24.6. The molecule has 29 heavy (non-hydrogen) atoms. The Hall–Kier alpha value is -2.54. The Labute approximate surface area is 180 Å². The number of ether oxygens (including phenoxy) is 2. The molecular formula is C22H27BrN2O4. The highest BCUT2D eigenvalue weighted by molar-refractivity contribution is 9.10. The van der Waals surface area contributed by atoms with Crippen molar-refractivity contribution in [3.8, 4) is 11.5 Å². The second kappa shape index (κ2) is 11.5. The van der Waals surface area contributed by atoms with Crippen LogP contribution in [-0.4, -0.2) is 25.0 Å². The summed E-state index contributed by atoms with van der Waals surface area (Å²) in [6.45, 7) is 6.49. The van der Waals surface area contributed by atoms with Crippen molar-refractivity contribution >= 4 is 27.7 Å². The van der Waals surface area contributed by atoms with Gasteiger partial charge in [-0.2, -0.15) is 0 Å². The third-order valence-corrected chi connectivity index (χ3v) is 4.65. The number of halogens is 1. The number of unbranched alkanes of at least 4 members (excludes halogenated alkanes) is 1. The highest BCUT2D eigenvalue weighted by Crippen LogP contribution is 2.26. The molecule has 7 heteroatoms. The van der Waals surface area contributed by atoms with Crippen LogP contribution in [0.5, 0.6) is 11.5 Å². The van der Waals surface area contributed by atoms with Crippen LogP contribution < -0.4 is 20.3 Å². The molecule has 0 fully saturated rings. The molecule has 2 amide bonds. The minimum Gasteiger partial charge on any atom is -0.493 e. The predicted octanol–water partition coefficient (Wildman–Crippen LogP) is 4.59. The van der Waals surface area contributed by atoms with Crippen LogP contribution >= 0.6 is 15.9 Å². The molecule has 0 aromatic heterocycles. The first-order valence-corrected chi connectivity index (χ1v) is 10.4. The highest BCUT2D eigenvalue weighted by atomic mass is 79.9. The monoisotopic (exact) mass is 462 g/mol. The Kier molecular flexibility index (Phi) is 8.99. The van der Waals surface area contributed by atoms with Crippen LogP contribution in [0.1, 0.15) is 55.5 Å². The van der Waals surface area contributed by atoms with Gasteiger partial charge < -0.3 is 9.47 Å². The van der Waals surface area contributed by atoms with E-state index in [4.69, 9.17) is 9.47 Å². The number of hydrogen-bond acceptors (Lipinski definition) is 4. The lowest BCUT2D eigenvalue weighted by atomic mass is 10.0. The molecule has 0 spiro atoms. The van der Waals surface area contributed by atoms with Crippen LogP contribution in [0.15, 0.2) is 46.9 Å². The van der Waals surface area contributed by atoms with Crippen molar-refractivity contribution < 1.29 is 19.1 Å². The third-order valence-electron chi connectivity index (χ3n) is 4.16. The van der Waals surface area contributed by atoms with Gasteiger partial charge in [0.05, 0.1) is 12.2 Å². The van der Waals surface area contributed by atoms with Gasteiger partial charge in [0, 0.05) is 4.47 Å². The smallest absolute Gasteiger partial charge is 0.276 e. The summed E-state index contributed by atoms with van der Waals surface area (Å²) in [5.41, 5.74) is 6.15. The second-order valence-corrected chi connectivity index (χ2v) is 7.74. The lowest BCUT2D eigenvalue weighted by molar-refractivity contribution is -0.123. The normalized spacial score (nSPS) is 10.5. The average molecular weight is 463 g/mol. The quantitative estimate of drug-likeness (QED) is 0.421. The number of nitrogens with one attached hydrogen (secondary N) is 2. The van der Waals surface area contributed by atoms with Gasteiger partial charge >= 0.3 is 0 Å². The summed E-state index contributed by atoms with van der Waals surface area (Å²) in [5.74, 6) is 0.476. The SMILES string of the molecule is CCCCOc1ccc(Br)cc1C(=O)NNC(=O)COc1ccccc1C(C)C. The van der Waals surface area contributed by atoms with E-state index >= 15 is 0 Å². The van der Waals surface area contributed by atoms with E-state index < -0.39 is 11.8 Å². The molecule has 2 rings (SSSR count). The number of hydrazine groups is 1. The summed E-state index contributed by atoms with van der Waals surface area (Å²) in [6.07, 6.45) is 1.89. The van der Waals surface area contributed by atoms with Crippen LogP contribution in [-0.2, 0) is 4.79 Å². The molecular weight excluding hydrogens is 436 g/mol. The second-order valence-electron chi connectivity index (χ2n) is 6.83. The van der Waals surface area contributed by atoms with Gasteiger partial charge in [0.1, 0.15) is 11.5 Å². The van der Waals surface area contributed by atoms with E-state index in [1.807, 2.05) is 24.3 Å². The summed E-state index contributed by atoms with van der Waals surface area (Å²) in [5, 5.41) is 0. The molecule has 0 aliphatic heterocycles. The van der Waals surface area contributed by atoms with Gasteiger partial charge in [-0.05, 0) is 42.2 Å². The van der Waals surface area contributed by atoms with Crippen molar-refractivity contribution in [2.45, 2.75) is 39.5 Å². The molecule has 6 nitrogen and oxygen atoms in total. The minimum atomic E-state index is -0.464. The Morgan fingerprint density at radius 2 is 1.79 bits per heavy atom. The number of hydrogen-bond donors (Lipinski definition) is 2. The van der Waals surface area contributed by atoms with Crippen LogP contribution in [0, 0.1) is 0 Å². The topological polar surface area (TPSA) is 76.7 Å². The zero-order valence-corrected chi connectivity index (χ0v) is 18.5. The van der Waals surface area contributed by atoms with Gasteiger partial charge in [-0.15, -0.1) is 0 Å². The number of rotatable bonds is 9. The third kappa shape index (κ3) is 7.09. The van der Waals surface area contributed by atoms with E-state index in [2.05, 4.69) is 47.6 Å². The molecule has 0 aliphatic carbocycles. The van der Waals surface area contributed by atoms with Gasteiger partial charge in [0.2, 0.25) is 0 Å². The summed E-state index contributed by atoms with van der Waals surface area (Å²) < 4.78 is 12.0. The molecule has 0 saturated carbocycles. The Morgan fingerprint density at radius 1 is 1.03 bits per heavy atom. The fraction of sp³-hybridized carbons (Fsp3) is 0.364. The number of carbonyl (C=O) groups excluding carboxylic acids is 2. The van der Waals surface area contributed by atoms with E-state index in [1.165, 1.54) is 0 Å². The van der Waals surface area contributed by atoms with E-state index in [0.29, 0.717) is 23.7 Å². The van der Waals surface area contributed by atoms with Gasteiger partial charge in [-0.25, -0.2) is 0 Å². The molecule has 0 heterocycles. The van der Waals surface area contributed by atoms with E-state index in [1.54, 1.807) is 18.2 Å². The number of carbonyl (C=O) groups is 2. The Morgan fingerprint density at radius 3 is 2.52 bits per heavy atom. The van der Waals surface area contributed by atoms with Crippen LogP contribution in [0.3, 0.4) is 0 Å². The van der Waals surface area contributed by atoms with Crippen molar-refractivity contribution in [2.24, 2.45) is 0 Å². The van der Waals surface area contributed by atoms with Gasteiger partial charge in [0.25, 0.3) is 11.8 Å². The minimum absolute atomic E-state index is 0.206. The average Bonchev–Trinajstić information content (AvgIpc) is 2.71. The van der Waals surface area contributed by atoms with Crippen molar-refractivity contribution in [2.75, 3.05) is 13.2 Å². The standard InChI is InChI=1S/C22H27BrN2O4/c1-4-5-12-28-20-11-10-16(23)13-18(20)22(27)25-24-21(26)14-29-19-9-7-6-8-17(19)15(2)3/h6-11,13,15H,4-5,12,14H2,1-3H3,(H,24,26)(H,25,27). The fourth-order valence-corrected chi connectivity index (χ4v) is 2.96. The van der Waals surface area contributed by atoms with Gasteiger partial charge in [0.15, 0.2) is 6.61 Å². The predicted molar refractivity (Wildman–Crippen MR) is 116 cm³/mol. The van der Waals surface area contributed by atoms with Crippen molar-refractivity contribution in [3.63, 3.8) is 0 Å². The van der Waals surface area contributed by atoms with Crippen LogP contribution in [0.2, 0.25) is 0 Å². The Bertz CT molecular complexity index is 839. The zero-order chi connectivity index (χ0) is 21.2. The Balaban J connectivity index is 1.92. The molecule has 2 N–H and O–H groups in total. The van der Waals surface area contributed by atoms with Crippen molar-refractivity contribution in [3.05, 3.63) is 58.1 Å². The first kappa shape index (κ1) is 22.7. The first-order chi connectivity index (χ1) is 13.9. The highest BCUT2D eigenvalue weighted by Gasteiger charge is 2.15. The lowest BCUT2D eigenvalue weighted by Gasteiger charge is -2.15. The molecule has 0 saturated heterocycles. The van der Waals surface area contributed by atoms with Crippen LogP contribution in [0.25, 0.3) is 0 Å². The molecule has 0 atom stereocenters. The van der Waals surface area contributed by atoms with Crippen LogP contribution in [0.4, 0.5) is 0 Å². The maximum Gasteiger partial charge on any atom is 0.276 e. The van der Waals surface area contributed by atoms with Crippen molar-refractivity contribution in [1.29, 1.82) is 0 Å². The van der Waals surface area contributed by atoms with Gasteiger partial charge in [-0.3, -0.25) is 20.4 Å². The largest absolute Gasteiger partial charge is 0.493 e. The van der Waals surface area contributed by atoms with E-state index in [0.717, 1.165) is 22.9 Å². The molecule has 2 aromatic carbocycles. The fourth-order valence-electron chi connectivity index (χ4n) is 2.59. The summed E-state index contributed by atoms with van der Waals surface area (Å²) in [6, 6.07) is 12.8. The van der Waals surface area contributed by atoms with E-state index in [-0.39, 0.29) is 12.5 Å². The molecule has 0 bridgehead atoms. The summed E-state index contributed by atoms with van der Waals surface area (Å²) >= 11 is 3.35. The summed E-state index contributed by atoms with van der Waals surface area (Å²) in [7, 11) is 0. The molecule has 2 aromatic rings. The maximum atomic E-state index is 12.5. The zero-order valence-electron chi connectivity index (χ0n) is 17.0. The number of benzene rings is 2. The molecule has 0 aliphatic rings. The number of amides is 2. The molecule has 156 valence electrons. The first-order valence-electron chi connectivity index (χ1n) is 9.65. The van der Waals surface area contributed by atoms with Gasteiger partial charge in [-0.1, -0.05) is 61.3 Å². The maximum absolute atomic E-state index is 12.5. The lowest BCUT2D eigenvalue weighted by Crippen LogP contribution is -2.44. The van der Waals surface area contributed by atoms with E-state index in [9.17, 15) is 9.59 Å². The molecule has 0 radical (unpaired) electrons. The molecule has 0 unspecified atom stereocenters.